The molecule has 0 bridgehead atoms. The molecule has 0 fully saturated rings. The Morgan fingerprint density at radius 2 is 1.54 bits per heavy atom. The first kappa shape index (κ1) is 25.7. The SMILES string of the molecule is CC(=O)N(C)c1ccc(N=C(c2ccccc2)c2c(O)[nH]c3ccc(NS(=O)(=O)c4ccccc4)cc23)cc1. The van der Waals surface area contributed by atoms with Crippen LogP contribution in [0.25, 0.3) is 10.9 Å². The van der Waals surface area contributed by atoms with Gasteiger partial charge in [0.25, 0.3) is 10.0 Å². The maximum atomic E-state index is 12.9. The molecule has 39 heavy (non-hydrogen) atoms. The summed E-state index contributed by atoms with van der Waals surface area (Å²) < 4.78 is 28.5. The van der Waals surface area contributed by atoms with Gasteiger partial charge in [-0.1, -0.05) is 48.5 Å². The number of hydrogen-bond acceptors (Lipinski definition) is 5. The Morgan fingerprint density at radius 3 is 2.18 bits per heavy atom. The quantitative estimate of drug-likeness (QED) is 0.226. The third-order valence-corrected chi connectivity index (χ3v) is 7.72. The standard InChI is InChI=1S/C30H26N4O4S/c1-20(35)34(2)24-16-13-22(14-17-24)31-29(21-9-5-3-6-10-21)28-26-19-23(15-18-27(26)32-30(28)36)33-39(37,38)25-11-7-4-8-12-25/h3-19,32-33,36H,1-2H3. The van der Waals surface area contributed by atoms with Crippen LogP contribution in [0.4, 0.5) is 17.1 Å². The third kappa shape index (κ3) is 5.39. The van der Waals surface area contributed by atoms with Crippen LogP contribution in [-0.4, -0.2) is 37.2 Å². The molecule has 4 aromatic carbocycles. The molecule has 0 aliphatic carbocycles. The summed E-state index contributed by atoms with van der Waals surface area (Å²) in [5, 5.41) is 11.6. The van der Waals surface area contributed by atoms with Gasteiger partial charge in [0.2, 0.25) is 5.91 Å². The summed E-state index contributed by atoms with van der Waals surface area (Å²) in [7, 11) is -2.11. The van der Waals surface area contributed by atoms with Crippen molar-refractivity contribution >= 4 is 49.6 Å². The fourth-order valence-electron chi connectivity index (χ4n) is 4.22. The Morgan fingerprint density at radius 1 is 0.897 bits per heavy atom. The summed E-state index contributed by atoms with van der Waals surface area (Å²) in [6.45, 7) is 1.49. The number of aromatic nitrogens is 1. The van der Waals surface area contributed by atoms with Crippen molar-refractivity contribution in [2.45, 2.75) is 11.8 Å². The van der Waals surface area contributed by atoms with E-state index in [9.17, 15) is 18.3 Å². The van der Waals surface area contributed by atoms with Crippen LogP contribution in [0.1, 0.15) is 18.1 Å². The lowest BCUT2D eigenvalue weighted by atomic mass is 10.0. The van der Waals surface area contributed by atoms with E-state index in [2.05, 4.69) is 9.71 Å². The van der Waals surface area contributed by atoms with Crippen molar-refractivity contribution in [3.63, 3.8) is 0 Å². The molecule has 0 saturated heterocycles. The molecule has 1 amide bonds. The molecule has 3 N–H and O–H groups in total. The number of aromatic amines is 1. The summed E-state index contributed by atoms with van der Waals surface area (Å²) in [4.78, 5) is 21.3. The van der Waals surface area contributed by atoms with Crippen LogP contribution < -0.4 is 9.62 Å². The molecule has 9 heteroatoms. The first-order chi connectivity index (χ1) is 18.7. The van der Waals surface area contributed by atoms with E-state index in [-0.39, 0.29) is 16.7 Å². The number of aliphatic imine (C=N–C) groups is 1. The van der Waals surface area contributed by atoms with Gasteiger partial charge in [-0.05, 0) is 54.6 Å². The van der Waals surface area contributed by atoms with Crippen LogP contribution in [0.3, 0.4) is 0 Å². The van der Waals surface area contributed by atoms with E-state index in [1.54, 1.807) is 67.7 Å². The van der Waals surface area contributed by atoms with E-state index in [1.807, 2.05) is 30.3 Å². The molecule has 0 saturated carbocycles. The maximum Gasteiger partial charge on any atom is 0.261 e. The Hall–Kier alpha value is -4.89. The van der Waals surface area contributed by atoms with Crippen molar-refractivity contribution in [2.24, 2.45) is 4.99 Å². The van der Waals surface area contributed by atoms with Crippen molar-refractivity contribution < 1.29 is 18.3 Å². The molecule has 1 aromatic heterocycles. The molecule has 8 nitrogen and oxygen atoms in total. The predicted octanol–water partition coefficient (Wildman–Crippen LogP) is 5.83. The highest BCUT2D eigenvalue weighted by Gasteiger charge is 2.20. The van der Waals surface area contributed by atoms with Gasteiger partial charge in [0.15, 0.2) is 5.88 Å². The first-order valence-corrected chi connectivity index (χ1v) is 13.6. The number of amides is 1. The molecule has 0 unspecified atom stereocenters. The van der Waals surface area contributed by atoms with Crippen LogP contribution in [-0.2, 0) is 14.8 Å². The average molecular weight is 539 g/mol. The highest BCUT2D eigenvalue weighted by molar-refractivity contribution is 7.92. The minimum absolute atomic E-state index is 0.0846. The smallest absolute Gasteiger partial charge is 0.261 e. The molecule has 0 aliphatic heterocycles. The van der Waals surface area contributed by atoms with Gasteiger partial charge in [0.1, 0.15) is 0 Å². The number of fused-ring (bicyclic) bond motifs is 1. The highest BCUT2D eigenvalue weighted by Crippen LogP contribution is 2.34. The Labute approximate surface area is 226 Å². The van der Waals surface area contributed by atoms with Gasteiger partial charge in [-0.2, -0.15) is 0 Å². The topological polar surface area (TPSA) is 115 Å². The van der Waals surface area contributed by atoms with E-state index in [4.69, 9.17) is 4.99 Å². The number of nitrogens with zero attached hydrogens (tertiary/aromatic N) is 2. The average Bonchev–Trinajstić information content (AvgIpc) is 3.27. The minimum atomic E-state index is -3.81. The van der Waals surface area contributed by atoms with Crippen molar-refractivity contribution in [3.05, 3.63) is 114 Å². The zero-order valence-corrected chi connectivity index (χ0v) is 22.1. The molecular weight excluding hydrogens is 512 g/mol. The summed E-state index contributed by atoms with van der Waals surface area (Å²) >= 11 is 0. The normalized spacial score (nSPS) is 11.9. The van der Waals surface area contributed by atoms with Crippen molar-refractivity contribution in [2.75, 3.05) is 16.7 Å². The van der Waals surface area contributed by atoms with Crippen molar-refractivity contribution in [1.29, 1.82) is 0 Å². The van der Waals surface area contributed by atoms with E-state index in [1.165, 1.54) is 24.0 Å². The van der Waals surface area contributed by atoms with E-state index in [0.29, 0.717) is 33.6 Å². The third-order valence-electron chi connectivity index (χ3n) is 6.32. The molecule has 0 radical (unpaired) electrons. The number of nitrogens with one attached hydrogen (secondary N) is 2. The Bertz CT molecular complexity index is 1780. The van der Waals surface area contributed by atoms with Gasteiger partial charge < -0.3 is 15.0 Å². The Kier molecular flexibility index (Phi) is 6.91. The lowest BCUT2D eigenvalue weighted by molar-refractivity contribution is -0.116. The van der Waals surface area contributed by atoms with Crippen molar-refractivity contribution in [1.82, 2.24) is 4.98 Å². The molecule has 5 rings (SSSR count). The van der Waals surface area contributed by atoms with Gasteiger partial charge in [-0.25, -0.2) is 13.4 Å². The number of carbonyl (C=O) groups is 1. The monoisotopic (exact) mass is 538 g/mol. The number of anilines is 2. The lowest BCUT2D eigenvalue weighted by Gasteiger charge is -2.15. The summed E-state index contributed by atoms with van der Waals surface area (Å²) in [5.74, 6) is -0.178. The summed E-state index contributed by atoms with van der Waals surface area (Å²) in [6.07, 6.45) is 0. The van der Waals surface area contributed by atoms with Gasteiger partial charge in [-0.3, -0.25) is 9.52 Å². The van der Waals surface area contributed by atoms with Gasteiger partial charge in [-0.15, -0.1) is 0 Å². The van der Waals surface area contributed by atoms with Crippen LogP contribution in [0.15, 0.2) is 113 Å². The van der Waals surface area contributed by atoms with Gasteiger partial charge in [0.05, 0.1) is 21.9 Å². The molecule has 0 aliphatic rings. The molecular formula is C30H26N4O4S. The van der Waals surface area contributed by atoms with Crippen LogP contribution in [0.2, 0.25) is 0 Å². The van der Waals surface area contributed by atoms with Gasteiger partial charge in [0, 0.05) is 41.8 Å². The predicted molar refractivity (Wildman–Crippen MR) is 154 cm³/mol. The molecule has 5 aromatic rings. The van der Waals surface area contributed by atoms with E-state index in [0.717, 1.165) is 11.3 Å². The van der Waals surface area contributed by atoms with Crippen LogP contribution in [0, 0.1) is 0 Å². The number of sulfonamides is 1. The molecule has 0 atom stereocenters. The highest BCUT2D eigenvalue weighted by atomic mass is 32.2. The summed E-state index contributed by atoms with van der Waals surface area (Å²) in [5.41, 5.74) is 3.99. The number of H-pyrrole nitrogens is 1. The number of hydrogen-bond donors (Lipinski definition) is 3. The zero-order chi connectivity index (χ0) is 27.6. The van der Waals surface area contributed by atoms with Crippen LogP contribution in [0.5, 0.6) is 5.88 Å². The number of benzene rings is 4. The van der Waals surface area contributed by atoms with Gasteiger partial charge >= 0.3 is 0 Å². The lowest BCUT2D eigenvalue weighted by Crippen LogP contribution is -2.22. The van der Waals surface area contributed by atoms with E-state index < -0.39 is 10.0 Å². The van der Waals surface area contributed by atoms with Crippen molar-refractivity contribution in [3.8, 4) is 5.88 Å². The van der Waals surface area contributed by atoms with Crippen LogP contribution >= 0.6 is 0 Å². The second kappa shape index (κ2) is 10.5. The zero-order valence-electron chi connectivity index (χ0n) is 21.3. The second-order valence-electron chi connectivity index (χ2n) is 8.95. The molecule has 0 spiro atoms. The first-order valence-electron chi connectivity index (χ1n) is 12.1. The summed E-state index contributed by atoms with van der Waals surface area (Å²) in [6, 6.07) is 29.7. The largest absolute Gasteiger partial charge is 0.494 e. The number of carbonyl (C=O) groups excluding carboxylic acids is 1. The fraction of sp³-hybridized carbons (Fsp3) is 0.0667. The number of aromatic hydroxyl groups is 1. The molecule has 196 valence electrons. The maximum absolute atomic E-state index is 12.9. The fourth-order valence-corrected chi connectivity index (χ4v) is 5.29. The van der Waals surface area contributed by atoms with E-state index >= 15 is 0 Å². The molecule has 1 heterocycles. The number of rotatable bonds is 7. The Balaban J connectivity index is 1.61. The minimum Gasteiger partial charge on any atom is -0.494 e. The second-order valence-corrected chi connectivity index (χ2v) is 10.6.